The predicted octanol–water partition coefficient (Wildman–Crippen LogP) is 4.71. The first-order chi connectivity index (χ1) is 15.5. The minimum atomic E-state index is -0.411. The number of nitrogens with one attached hydrogen (secondary N) is 1. The summed E-state index contributed by atoms with van der Waals surface area (Å²) >= 11 is 0. The summed E-state index contributed by atoms with van der Waals surface area (Å²) in [7, 11) is 0. The number of ether oxygens (including phenoxy) is 1. The second kappa shape index (κ2) is 8.26. The van der Waals surface area contributed by atoms with Crippen molar-refractivity contribution in [1.82, 2.24) is 14.8 Å². The smallest absolute Gasteiger partial charge is 0.415 e. The molecule has 1 aromatic carbocycles. The second-order valence-electron chi connectivity index (χ2n) is 8.69. The van der Waals surface area contributed by atoms with Gasteiger partial charge in [-0.2, -0.15) is 5.10 Å². The SMILES string of the molecule is Cc1ncccc1N1CC2(CCC(CNc3cnn(-c4ccccc4F)c3)CC2)OC1=O. The van der Waals surface area contributed by atoms with Crippen molar-refractivity contribution in [2.45, 2.75) is 38.2 Å². The van der Waals surface area contributed by atoms with Crippen LogP contribution in [0.1, 0.15) is 31.4 Å². The lowest BCUT2D eigenvalue weighted by Crippen LogP contribution is -2.39. The molecule has 1 N–H and O–H groups in total. The molecule has 1 saturated carbocycles. The van der Waals surface area contributed by atoms with Gasteiger partial charge in [-0.25, -0.2) is 13.9 Å². The monoisotopic (exact) mass is 435 g/mol. The van der Waals surface area contributed by atoms with Crippen molar-refractivity contribution >= 4 is 17.5 Å². The van der Waals surface area contributed by atoms with Crippen LogP contribution in [0.25, 0.3) is 5.69 Å². The van der Waals surface area contributed by atoms with E-state index >= 15 is 0 Å². The van der Waals surface area contributed by atoms with Gasteiger partial charge in [0.2, 0.25) is 0 Å². The molecule has 2 aromatic heterocycles. The Morgan fingerprint density at radius 3 is 2.75 bits per heavy atom. The van der Waals surface area contributed by atoms with Gasteiger partial charge in [-0.15, -0.1) is 0 Å². The number of para-hydroxylation sites is 1. The molecule has 0 unspecified atom stereocenters. The van der Waals surface area contributed by atoms with Crippen LogP contribution in [0.15, 0.2) is 55.0 Å². The number of halogens is 1. The fraction of sp³-hybridized carbons (Fsp3) is 0.375. The van der Waals surface area contributed by atoms with Crippen LogP contribution in [0.5, 0.6) is 0 Å². The zero-order valence-corrected chi connectivity index (χ0v) is 18.0. The number of amides is 1. The quantitative estimate of drug-likeness (QED) is 0.628. The molecular formula is C24H26FN5O2. The third-order valence-corrected chi connectivity index (χ3v) is 6.53. The molecule has 3 aromatic rings. The Morgan fingerprint density at radius 2 is 1.97 bits per heavy atom. The first-order valence-corrected chi connectivity index (χ1v) is 11.0. The van der Waals surface area contributed by atoms with E-state index in [1.807, 2.05) is 19.1 Å². The number of carbonyl (C=O) groups excluding carboxylic acids is 1. The van der Waals surface area contributed by atoms with E-state index in [4.69, 9.17) is 4.74 Å². The van der Waals surface area contributed by atoms with Crippen LogP contribution < -0.4 is 10.2 Å². The Hall–Kier alpha value is -3.42. The molecule has 0 radical (unpaired) electrons. The standard InChI is InChI=1S/C24H26FN5O2/c1-17-21(7-4-12-26-17)29-16-24(32-23(29)31)10-8-18(9-11-24)13-27-19-14-28-30(15-19)22-6-3-2-5-20(22)25/h2-7,12,14-15,18,27H,8-11,13,16H2,1H3. The Labute approximate surface area is 186 Å². The minimum Gasteiger partial charge on any atom is -0.441 e. The molecule has 1 aliphatic heterocycles. The highest BCUT2D eigenvalue weighted by atomic mass is 19.1. The van der Waals surface area contributed by atoms with Crippen LogP contribution in [0, 0.1) is 18.7 Å². The molecule has 8 heteroatoms. The lowest BCUT2D eigenvalue weighted by Gasteiger charge is -2.35. The van der Waals surface area contributed by atoms with Crippen molar-refractivity contribution in [2.24, 2.45) is 5.92 Å². The molecule has 3 heterocycles. The summed E-state index contributed by atoms with van der Waals surface area (Å²) in [6.45, 7) is 3.29. The van der Waals surface area contributed by atoms with Gasteiger partial charge in [-0.3, -0.25) is 9.88 Å². The molecule has 1 spiro atoms. The van der Waals surface area contributed by atoms with Gasteiger partial charge in [0.15, 0.2) is 0 Å². The van der Waals surface area contributed by atoms with E-state index in [-0.39, 0.29) is 11.9 Å². The van der Waals surface area contributed by atoms with Gasteiger partial charge in [0, 0.05) is 12.7 Å². The van der Waals surface area contributed by atoms with Gasteiger partial charge < -0.3 is 10.1 Å². The second-order valence-corrected chi connectivity index (χ2v) is 8.69. The minimum absolute atomic E-state index is 0.279. The molecule has 1 aliphatic carbocycles. The van der Waals surface area contributed by atoms with E-state index in [0.717, 1.165) is 49.3 Å². The number of pyridine rings is 1. The molecule has 0 atom stereocenters. The van der Waals surface area contributed by atoms with Gasteiger partial charge in [-0.05, 0) is 62.8 Å². The van der Waals surface area contributed by atoms with E-state index in [1.165, 1.54) is 6.07 Å². The first-order valence-electron chi connectivity index (χ1n) is 11.0. The zero-order chi connectivity index (χ0) is 22.1. The highest BCUT2D eigenvalue weighted by Crippen LogP contribution is 2.41. The Balaban J connectivity index is 1.16. The average Bonchev–Trinajstić information content (AvgIpc) is 3.39. The van der Waals surface area contributed by atoms with Crippen LogP contribution in [-0.4, -0.2) is 39.5 Å². The molecule has 5 rings (SSSR count). The van der Waals surface area contributed by atoms with Crippen LogP contribution in [0.4, 0.5) is 20.6 Å². The number of aryl methyl sites for hydroxylation is 1. The van der Waals surface area contributed by atoms with Crippen molar-refractivity contribution in [2.75, 3.05) is 23.3 Å². The molecule has 2 aliphatic rings. The van der Waals surface area contributed by atoms with Gasteiger partial charge in [0.05, 0.1) is 36.0 Å². The van der Waals surface area contributed by atoms with E-state index in [0.29, 0.717) is 18.2 Å². The topological polar surface area (TPSA) is 72.3 Å². The van der Waals surface area contributed by atoms with E-state index in [1.54, 1.807) is 46.4 Å². The van der Waals surface area contributed by atoms with Crippen LogP contribution in [-0.2, 0) is 4.74 Å². The van der Waals surface area contributed by atoms with Crippen molar-refractivity contribution < 1.29 is 13.9 Å². The molecule has 1 amide bonds. The number of rotatable bonds is 5. The fourth-order valence-electron chi connectivity index (χ4n) is 4.68. The highest BCUT2D eigenvalue weighted by Gasteiger charge is 2.47. The number of nitrogens with zero attached hydrogens (tertiary/aromatic N) is 4. The summed E-state index contributed by atoms with van der Waals surface area (Å²) < 4.78 is 21.4. The molecule has 7 nitrogen and oxygen atoms in total. The fourth-order valence-corrected chi connectivity index (χ4v) is 4.68. The zero-order valence-electron chi connectivity index (χ0n) is 18.0. The summed E-state index contributed by atoms with van der Waals surface area (Å²) in [5, 5.41) is 7.69. The van der Waals surface area contributed by atoms with Crippen LogP contribution >= 0.6 is 0 Å². The summed E-state index contributed by atoms with van der Waals surface area (Å²) in [4.78, 5) is 18.6. The van der Waals surface area contributed by atoms with E-state index in [9.17, 15) is 9.18 Å². The summed E-state index contributed by atoms with van der Waals surface area (Å²) in [6.07, 6.45) is 8.60. The van der Waals surface area contributed by atoms with Crippen molar-refractivity contribution in [3.63, 3.8) is 0 Å². The molecule has 2 fully saturated rings. The Morgan fingerprint density at radius 1 is 1.19 bits per heavy atom. The predicted molar refractivity (Wildman–Crippen MR) is 120 cm³/mol. The number of benzene rings is 1. The van der Waals surface area contributed by atoms with Gasteiger partial charge >= 0.3 is 6.09 Å². The summed E-state index contributed by atoms with van der Waals surface area (Å²) in [5.74, 6) is 0.173. The van der Waals surface area contributed by atoms with E-state index in [2.05, 4.69) is 15.4 Å². The third-order valence-electron chi connectivity index (χ3n) is 6.53. The highest BCUT2D eigenvalue weighted by molar-refractivity contribution is 5.90. The van der Waals surface area contributed by atoms with Crippen molar-refractivity contribution in [3.8, 4) is 5.69 Å². The Kier molecular flexibility index (Phi) is 5.28. The maximum absolute atomic E-state index is 14.0. The van der Waals surface area contributed by atoms with Crippen molar-refractivity contribution in [1.29, 1.82) is 0 Å². The largest absolute Gasteiger partial charge is 0.441 e. The maximum atomic E-state index is 14.0. The molecule has 1 saturated heterocycles. The van der Waals surface area contributed by atoms with Crippen LogP contribution in [0.2, 0.25) is 0 Å². The van der Waals surface area contributed by atoms with Gasteiger partial charge in [0.1, 0.15) is 17.1 Å². The van der Waals surface area contributed by atoms with Crippen molar-refractivity contribution in [3.05, 3.63) is 66.5 Å². The van der Waals surface area contributed by atoms with Gasteiger partial charge in [-0.1, -0.05) is 12.1 Å². The van der Waals surface area contributed by atoms with E-state index < -0.39 is 5.60 Å². The lowest BCUT2D eigenvalue weighted by atomic mass is 9.78. The van der Waals surface area contributed by atoms with Crippen LogP contribution in [0.3, 0.4) is 0 Å². The lowest BCUT2D eigenvalue weighted by molar-refractivity contribution is 0.0148. The number of aromatic nitrogens is 3. The van der Waals surface area contributed by atoms with Gasteiger partial charge in [0.25, 0.3) is 0 Å². The first kappa shape index (κ1) is 20.5. The average molecular weight is 436 g/mol. The molecule has 166 valence electrons. The summed E-state index contributed by atoms with van der Waals surface area (Å²) in [5.41, 5.74) is 2.53. The maximum Gasteiger partial charge on any atom is 0.415 e. The Bertz CT molecular complexity index is 1120. The normalized spacial score (nSPS) is 22.9. The summed E-state index contributed by atoms with van der Waals surface area (Å²) in [6, 6.07) is 10.3. The number of hydrogen-bond donors (Lipinski definition) is 1. The third kappa shape index (κ3) is 3.92. The number of hydrogen-bond acceptors (Lipinski definition) is 5. The molecule has 0 bridgehead atoms. The molecular weight excluding hydrogens is 409 g/mol. The molecule has 32 heavy (non-hydrogen) atoms. The number of anilines is 2. The number of carbonyl (C=O) groups is 1.